The van der Waals surface area contributed by atoms with Gasteiger partial charge in [0, 0.05) is 16.3 Å². The van der Waals surface area contributed by atoms with Gasteiger partial charge < -0.3 is 25.2 Å². The molecule has 0 aliphatic carbocycles. The van der Waals surface area contributed by atoms with E-state index in [1.165, 1.54) is 44.2 Å². The van der Waals surface area contributed by atoms with Gasteiger partial charge >= 0.3 is 5.97 Å². The van der Waals surface area contributed by atoms with E-state index in [4.69, 9.17) is 21.1 Å². The van der Waals surface area contributed by atoms with Crippen LogP contribution in [0.15, 0.2) is 65.6 Å². The fraction of sp³-hybridized carbons (Fsp3) is 0.160. The van der Waals surface area contributed by atoms with E-state index >= 15 is 0 Å². The molecule has 0 saturated heterocycles. The molecule has 182 valence electrons. The second kappa shape index (κ2) is 11.6. The Balaban J connectivity index is 1.70. The molecular formula is C25H23ClN2O6S. The number of carboxylic acid groups (broad SMARTS) is 1. The Morgan fingerprint density at radius 3 is 2.17 bits per heavy atom. The Kier molecular flexibility index (Phi) is 8.62. The van der Waals surface area contributed by atoms with Crippen molar-refractivity contribution in [3.63, 3.8) is 0 Å². The lowest BCUT2D eigenvalue weighted by molar-refractivity contribution is -0.115. The standard InChI is InChI=1S/C25H23ClN2O6S/c1-14(23(29)27-16-10-11-19(26)18(13-16)25(31)32)35-17-7-4-6-15(12-17)28-24(30)22-20(33-2)8-5-9-21(22)34-3/h4-14H,1-3H3,(H,27,29)(H,28,30)(H,31,32). The Hall–Kier alpha value is -3.69. The highest BCUT2D eigenvalue weighted by molar-refractivity contribution is 8.00. The smallest absolute Gasteiger partial charge is 0.337 e. The molecular weight excluding hydrogens is 492 g/mol. The number of methoxy groups -OCH3 is 2. The van der Waals surface area contributed by atoms with Crippen LogP contribution < -0.4 is 20.1 Å². The van der Waals surface area contributed by atoms with Crippen molar-refractivity contribution in [2.75, 3.05) is 24.9 Å². The first-order valence-corrected chi connectivity index (χ1v) is 11.6. The summed E-state index contributed by atoms with van der Waals surface area (Å²) in [5.74, 6) is -1.14. The van der Waals surface area contributed by atoms with Gasteiger partial charge in [0.15, 0.2) is 0 Å². The molecule has 0 saturated carbocycles. The largest absolute Gasteiger partial charge is 0.496 e. The van der Waals surface area contributed by atoms with Crippen LogP contribution in [0.1, 0.15) is 27.6 Å². The lowest BCUT2D eigenvalue weighted by Crippen LogP contribution is -2.22. The van der Waals surface area contributed by atoms with E-state index in [1.807, 2.05) is 6.07 Å². The number of thioether (sulfide) groups is 1. The number of hydrogen-bond donors (Lipinski definition) is 3. The highest BCUT2D eigenvalue weighted by Crippen LogP contribution is 2.31. The normalized spacial score (nSPS) is 11.3. The predicted molar refractivity (Wildman–Crippen MR) is 136 cm³/mol. The fourth-order valence-corrected chi connectivity index (χ4v) is 4.31. The number of carbonyl (C=O) groups excluding carboxylic acids is 2. The Labute approximate surface area is 211 Å². The van der Waals surface area contributed by atoms with Crippen molar-refractivity contribution in [3.05, 3.63) is 76.8 Å². The number of rotatable bonds is 9. The van der Waals surface area contributed by atoms with Crippen LogP contribution in [0.3, 0.4) is 0 Å². The number of carboxylic acids is 1. The number of halogens is 1. The molecule has 1 unspecified atom stereocenters. The average Bonchev–Trinajstić information content (AvgIpc) is 2.84. The summed E-state index contributed by atoms with van der Waals surface area (Å²) in [4.78, 5) is 37.6. The van der Waals surface area contributed by atoms with Crippen molar-refractivity contribution >= 4 is 52.5 Å². The minimum atomic E-state index is -1.18. The summed E-state index contributed by atoms with van der Waals surface area (Å²) in [6.07, 6.45) is 0. The molecule has 3 aromatic carbocycles. The maximum Gasteiger partial charge on any atom is 0.337 e. The number of anilines is 2. The quantitative estimate of drug-likeness (QED) is 0.326. The lowest BCUT2D eigenvalue weighted by atomic mass is 10.1. The van der Waals surface area contributed by atoms with E-state index < -0.39 is 17.1 Å². The third-order valence-electron chi connectivity index (χ3n) is 4.89. The Bertz CT molecular complexity index is 1240. The summed E-state index contributed by atoms with van der Waals surface area (Å²) >= 11 is 7.16. The van der Waals surface area contributed by atoms with Crippen molar-refractivity contribution in [3.8, 4) is 11.5 Å². The molecule has 3 rings (SSSR count). The van der Waals surface area contributed by atoms with Gasteiger partial charge in [-0.05, 0) is 55.5 Å². The van der Waals surface area contributed by atoms with Crippen LogP contribution in [0.25, 0.3) is 0 Å². The third-order valence-corrected chi connectivity index (χ3v) is 6.32. The summed E-state index contributed by atoms with van der Waals surface area (Å²) in [5, 5.41) is 14.3. The van der Waals surface area contributed by atoms with Crippen LogP contribution in [-0.4, -0.2) is 42.4 Å². The molecule has 0 spiro atoms. The molecule has 1 atom stereocenters. The number of benzene rings is 3. The zero-order valence-electron chi connectivity index (χ0n) is 19.1. The molecule has 0 fully saturated rings. The Morgan fingerprint density at radius 1 is 0.914 bits per heavy atom. The van der Waals surface area contributed by atoms with E-state index in [0.29, 0.717) is 22.9 Å². The van der Waals surface area contributed by atoms with Gasteiger partial charge in [0.05, 0.1) is 30.1 Å². The van der Waals surface area contributed by atoms with Gasteiger partial charge in [0.2, 0.25) is 5.91 Å². The van der Waals surface area contributed by atoms with Crippen LogP contribution in [0.5, 0.6) is 11.5 Å². The molecule has 2 amide bonds. The van der Waals surface area contributed by atoms with Gasteiger partial charge in [-0.1, -0.05) is 23.7 Å². The average molecular weight is 515 g/mol. The maximum atomic E-state index is 12.9. The summed E-state index contributed by atoms with van der Waals surface area (Å²) in [6.45, 7) is 1.72. The van der Waals surface area contributed by atoms with Crippen LogP contribution in [-0.2, 0) is 4.79 Å². The number of carbonyl (C=O) groups is 3. The highest BCUT2D eigenvalue weighted by Gasteiger charge is 2.20. The molecule has 0 aromatic heterocycles. The third kappa shape index (κ3) is 6.46. The number of hydrogen-bond acceptors (Lipinski definition) is 6. The molecule has 3 N–H and O–H groups in total. The van der Waals surface area contributed by atoms with Gasteiger partial charge in [0.25, 0.3) is 5.91 Å². The van der Waals surface area contributed by atoms with Crippen molar-refractivity contribution in [1.29, 1.82) is 0 Å². The van der Waals surface area contributed by atoms with E-state index in [0.717, 1.165) is 4.90 Å². The van der Waals surface area contributed by atoms with Crippen LogP contribution in [0.4, 0.5) is 11.4 Å². The summed E-state index contributed by atoms with van der Waals surface area (Å²) in [6, 6.07) is 16.4. The lowest BCUT2D eigenvalue weighted by Gasteiger charge is -2.15. The summed E-state index contributed by atoms with van der Waals surface area (Å²) in [5.41, 5.74) is 1.03. The van der Waals surface area contributed by atoms with E-state index in [9.17, 15) is 19.5 Å². The number of amides is 2. The molecule has 0 radical (unpaired) electrons. The zero-order valence-corrected chi connectivity index (χ0v) is 20.7. The SMILES string of the molecule is COc1cccc(OC)c1C(=O)Nc1cccc(SC(C)C(=O)Nc2ccc(Cl)c(C(=O)O)c2)c1. The molecule has 8 nitrogen and oxygen atoms in total. The van der Waals surface area contributed by atoms with Crippen LogP contribution >= 0.6 is 23.4 Å². The first kappa shape index (κ1) is 25.9. The second-order valence-corrected chi connectivity index (χ2v) is 9.09. The number of nitrogens with one attached hydrogen (secondary N) is 2. The molecule has 35 heavy (non-hydrogen) atoms. The van der Waals surface area contributed by atoms with Crippen molar-refractivity contribution in [1.82, 2.24) is 0 Å². The van der Waals surface area contributed by atoms with Gasteiger partial charge in [0.1, 0.15) is 17.1 Å². The van der Waals surface area contributed by atoms with Crippen molar-refractivity contribution in [2.45, 2.75) is 17.1 Å². The van der Waals surface area contributed by atoms with Crippen LogP contribution in [0.2, 0.25) is 5.02 Å². The molecule has 0 aliphatic rings. The summed E-state index contributed by atoms with van der Waals surface area (Å²) in [7, 11) is 2.95. The molecule has 10 heteroatoms. The van der Waals surface area contributed by atoms with Gasteiger partial charge in [-0.15, -0.1) is 11.8 Å². The topological polar surface area (TPSA) is 114 Å². The number of aromatic carboxylic acids is 1. The van der Waals surface area contributed by atoms with Gasteiger partial charge in [-0.3, -0.25) is 9.59 Å². The predicted octanol–water partition coefficient (Wildman–Crippen LogP) is 5.43. The highest BCUT2D eigenvalue weighted by atomic mass is 35.5. The molecule has 0 bridgehead atoms. The van der Waals surface area contributed by atoms with Crippen LogP contribution in [0, 0.1) is 0 Å². The minimum absolute atomic E-state index is 0.0857. The molecule has 0 heterocycles. The van der Waals surface area contributed by atoms with E-state index in [-0.39, 0.29) is 22.1 Å². The Morgan fingerprint density at radius 2 is 1.54 bits per heavy atom. The summed E-state index contributed by atoms with van der Waals surface area (Å²) < 4.78 is 10.6. The minimum Gasteiger partial charge on any atom is -0.496 e. The van der Waals surface area contributed by atoms with E-state index in [1.54, 1.807) is 43.3 Å². The molecule has 0 aliphatic heterocycles. The monoisotopic (exact) mass is 514 g/mol. The maximum absolute atomic E-state index is 12.9. The first-order chi connectivity index (χ1) is 16.7. The van der Waals surface area contributed by atoms with Gasteiger partial charge in [-0.25, -0.2) is 4.79 Å². The molecule has 3 aromatic rings. The van der Waals surface area contributed by atoms with E-state index in [2.05, 4.69) is 10.6 Å². The zero-order chi connectivity index (χ0) is 25.5. The number of ether oxygens (including phenoxy) is 2. The van der Waals surface area contributed by atoms with Crippen molar-refractivity contribution in [2.24, 2.45) is 0 Å². The second-order valence-electron chi connectivity index (χ2n) is 7.27. The van der Waals surface area contributed by atoms with Gasteiger partial charge in [-0.2, -0.15) is 0 Å². The van der Waals surface area contributed by atoms with Crippen molar-refractivity contribution < 1.29 is 29.0 Å². The first-order valence-electron chi connectivity index (χ1n) is 10.4. The fourth-order valence-electron chi connectivity index (χ4n) is 3.18.